The van der Waals surface area contributed by atoms with Crippen LogP contribution >= 0.6 is 0 Å². The number of hydrogen-bond donors (Lipinski definition) is 0. The molecule has 0 saturated carbocycles. The van der Waals surface area contributed by atoms with Crippen LogP contribution in [0.2, 0.25) is 0 Å². The predicted molar refractivity (Wildman–Crippen MR) is 123 cm³/mol. The molecule has 168 valence electrons. The van der Waals surface area contributed by atoms with Crippen LogP contribution in [0.4, 0.5) is 5.82 Å². The third-order valence-electron chi connectivity index (χ3n) is 5.66. The minimum Gasteiger partial charge on any atom is -0.493 e. The van der Waals surface area contributed by atoms with Gasteiger partial charge in [-0.1, -0.05) is 6.07 Å². The molecule has 0 bridgehead atoms. The highest BCUT2D eigenvalue weighted by atomic mass is 16.5. The molecule has 2 aromatic heterocycles. The van der Waals surface area contributed by atoms with Gasteiger partial charge in [0.05, 0.1) is 19.9 Å². The Morgan fingerprint density at radius 3 is 2.44 bits per heavy atom. The number of benzene rings is 1. The smallest absolute Gasteiger partial charge is 0.246 e. The molecule has 32 heavy (non-hydrogen) atoms. The van der Waals surface area contributed by atoms with Gasteiger partial charge in [-0.3, -0.25) is 9.48 Å². The Morgan fingerprint density at radius 2 is 1.75 bits per heavy atom. The SMILES string of the molecule is COc1ccc(/C=C/C(=O)N2CCN(c3nc(C)nc4c(C)nn(C)c34)CC2)cc1OC. The molecule has 1 aromatic carbocycles. The van der Waals surface area contributed by atoms with E-state index in [-0.39, 0.29) is 5.91 Å². The number of carbonyl (C=O) groups excluding carboxylic acids is 1. The summed E-state index contributed by atoms with van der Waals surface area (Å²) in [5, 5.41) is 4.50. The number of anilines is 1. The Hall–Kier alpha value is -3.62. The highest BCUT2D eigenvalue weighted by molar-refractivity contribution is 5.92. The zero-order chi connectivity index (χ0) is 22.8. The van der Waals surface area contributed by atoms with E-state index in [1.54, 1.807) is 26.4 Å². The third kappa shape index (κ3) is 4.10. The number of aryl methyl sites for hydroxylation is 3. The summed E-state index contributed by atoms with van der Waals surface area (Å²) in [6.07, 6.45) is 3.40. The van der Waals surface area contributed by atoms with Crippen LogP contribution in [0.15, 0.2) is 24.3 Å². The van der Waals surface area contributed by atoms with Gasteiger partial charge in [0.15, 0.2) is 17.3 Å². The first-order valence-corrected chi connectivity index (χ1v) is 10.5. The van der Waals surface area contributed by atoms with Crippen LogP contribution < -0.4 is 14.4 Å². The van der Waals surface area contributed by atoms with Gasteiger partial charge >= 0.3 is 0 Å². The summed E-state index contributed by atoms with van der Waals surface area (Å²) in [4.78, 5) is 26.1. The van der Waals surface area contributed by atoms with Crippen LogP contribution in [-0.2, 0) is 11.8 Å². The fraction of sp³-hybridized carbons (Fsp3) is 0.391. The van der Waals surface area contributed by atoms with E-state index in [4.69, 9.17) is 9.47 Å². The molecule has 1 aliphatic heterocycles. The Balaban J connectivity index is 1.45. The van der Waals surface area contributed by atoms with Crippen molar-refractivity contribution >= 4 is 28.8 Å². The van der Waals surface area contributed by atoms with Gasteiger partial charge in [-0.2, -0.15) is 5.10 Å². The molecule has 9 nitrogen and oxygen atoms in total. The molecule has 0 aliphatic carbocycles. The van der Waals surface area contributed by atoms with Gasteiger partial charge < -0.3 is 19.3 Å². The largest absolute Gasteiger partial charge is 0.493 e. The van der Waals surface area contributed by atoms with E-state index in [1.165, 1.54) is 0 Å². The van der Waals surface area contributed by atoms with Crippen LogP contribution in [0.5, 0.6) is 11.5 Å². The highest BCUT2D eigenvalue weighted by Gasteiger charge is 2.24. The standard InChI is InChI=1S/C23H28N6O3/c1-15-21-22(27(3)26-15)23(25-16(2)24-21)29-12-10-28(11-13-29)20(30)9-7-17-6-8-18(31-4)19(14-17)32-5/h6-9,14H,10-13H2,1-5H3/b9-7+. The Kier molecular flexibility index (Phi) is 5.98. The first kappa shape index (κ1) is 21.6. The van der Waals surface area contributed by atoms with Gasteiger partial charge in [0.2, 0.25) is 5.91 Å². The lowest BCUT2D eigenvalue weighted by Gasteiger charge is -2.35. The van der Waals surface area contributed by atoms with Gasteiger partial charge in [-0.15, -0.1) is 0 Å². The quantitative estimate of drug-likeness (QED) is 0.568. The lowest BCUT2D eigenvalue weighted by molar-refractivity contribution is -0.126. The minimum absolute atomic E-state index is 0.0140. The molecule has 3 heterocycles. The molecule has 0 atom stereocenters. The summed E-state index contributed by atoms with van der Waals surface area (Å²) in [5.74, 6) is 2.88. The van der Waals surface area contributed by atoms with Crippen molar-refractivity contribution in [1.29, 1.82) is 0 Å². The molecule has 0 unspecified atom stereocenters. The molecule has 9 heteroatoms. The second-order valence-corrected chi connectivity index (χ2v) is 7.76. The second-order valence-electron chi connectivity index (χ2n) is 7.76. The van der Waals surface area contributed by atoms with Gasteiger partial charge in [0.25, 0.3) is 0 Å². The van der Waals surface area contributed by atoms with E-state index >= 15 is 0 Å². The van der Waals surface area contributed by atoms with Crippen LogP contribution in [0, 0.1) is 13.8 Å². The van der Waals surface area contributed by atoms with Crippen LogP contribution in [0.3, 0.4) is 0 Å². The number of ether oxygens (including phenoxy) is 2. The van der Waals surface area contributed by atoms with E-state index in [0.717, 1.165) is 33.9 Å². The van der Waals surface area contributed by atoms with Gasteiger partial charge in [0, 0.05) is 39.3 Å². The first-order chi connectivity index (χ1) is 15.4. The van der Waals surface area contributed by atoms with E-state index in [2.05, 4.69) is 20.0 Å². The van der Waals surface area contributed by atoms with Crippen molar-refractivity contribution in [2.75, 3.05) is 45.3 Å². The van der Waals surface area contributed by atoms with Crippen molar-refractivity contribution in [3.05, 3.63) is 41.4 Å². The van der Waals surface area contributed by atoms with Crippen LogP contribution in [0.25, 0.3) is 17.1 Å². The van der Waals surface area contributed by atoms with Crippen LogP contribution in [0.1, 0.15) is 17.1 Å². The topological polar surface area (TPSA) is 85.6 Å². The second kappa shape index (κ2) is 8.86. The number of aromatic nitrogens is 4. The highest BCUT2D eigenvalue weighted by Crippen LogP contribution is 2.28. The summed E-state index contributed by atoms with van der Waals surface area (Å²) < 4.78 is 12.4. The Labute approximate surface area is 187 Å². The fourth-order valence-corrected chi connectivity index (χ4v) is 4.01. The Bertz CT molecular complexity index is 1180. The molecular formula is C23H28N6O3. The van der Waals surface area contributed by atoms with Crippen molar-refractivity contribution in [3.8, 4) is 11.5 Å². The lowest BCUT2D eigenvalue weighted by atomic mass is 10.2. The fourth-order valence-electron chi connectivity index (χ4n) is 4.01. The maximum atomic E-state index is 12.7. The number of amides is 1. The number of methoxy groups -OCH3 is 2. The molecule has 1 aliphatic rings. The molecule has 0 N–H and O–H groups in total. The average molecular weight is 437 g/mol. The summed E-state index contributed by atoms with van der Waals surface area (Å²) in [6, 6.07) is 5.56. The van der Waals surface area contributed by atoms with Crippen molar-refractivity contribution in [3.63, 3.8) is 0 Å². The van der Waals surface area contributed by atoms with Gasteiger partial charge in [-0.25, -0.2) is 9.97 Å². The number of rotatable bonds is 5. The molecule has 1 amide bonds. The molecule has 4 rings (SSSR count). The normalized spacial score (nSPS) is 14.4. The van der Waals surface area contributed by atoms with Crippen molar-refractivity contribution in [1.82, 2.24) is 24.6 Å². The molecule has 0 radical (unpaired) electrons. The predicted octanol–water partition coefficient (Wildman–Crippen LogP) is 2.36. The molecule has 3 aromatic rings. The maximum Gasteiger partial charge on any atom is 0.246 e. The molecule has 0 spiro atoms. The van der Waals surface area contributed by atoms with Crippen molar-refractivity contribution < 1.29 is 14.3 Å². The maximum absolute atomic E-state index is 12.7. The lowest BCUT2D eigenvalue weighted by Crippen LogP contribution is -2.48. The van der Waals surface area contributed by atoms with Gasteiger partial charge in [0.1, 0.15) is 16.9 Å². The Morgan fingerprint density at radius 1 is 1.03 bits per heavy atom. The van der Waals surface area contributed by atoms with E-state index < -0.39 is 0 Å². The number of piperazine rings is 1. The molecule has 1 fully saturated rings. The molecular weight excluding hydrogens is 408 g/mol. The summed E-state index contributed by atoms with van der Waals surface area (Å²) >= 11 is 0. The van der Waals surface area contributed by atoms with E-state index in [1.807, 2.05) is 48.7 Å². The van der Waals surface area contributed by atoms with E-state index in [0.29, 0.717) is 37.7 Å². The third-order valence-corrected chi connectivity index (χ3v) is 5.66. The summed E-state index contributed by atoms with van der Waals surface area (Å²) in [5.41, 5.74) is 3.58. The number of carbonyl (C=O) groups is 1. The average Bonchev–Trinajstić information content (AvgIpc) is 3.09. The number of hydrogen-bond acceptors (Lipinski definition) is 7. The van der Waals surface area contributed by atoms with Crippen LogP contribution in [-0.4, -0.2) is 71.0 Å². The van der Waals surface area contributed by atoms with E-state index in [9.17, 15) is 4.79 Å². The molecule has 1 saturated heterocycles. The summed E-state index contributed by atoms with van der Waals surface area (Å²) in [7, 11) is 5.10. The first-order valence-electron chi connectivity index (χ1n) is 10.5. The number of fused-ring (bicyclic) bond motifs is 1. The zero-order valence-electron chi connectivity index (χ0n) is 19.1. The number of nitrogens with zero attached hydrogens (tertiary/aromatic N) is 6. The monoisotopic (exact) mass is 436 g/mol. The van der Waals surface area contributed by atoms with Crippen molar-refractivity contribution in [2.45, 2.75) is 13.8 Å². The minimum atomic E-state index is -0.0140. The summed E-state index contributed by atoms with van der Waals surface area (Å²) in [6.45, 7) is 6.50. The van der Waals surface area contributed by atoms with Crippen molar-refractivity contribution in [2.24, 2.45) is 7.05 Å². The van der Waals surface area contributed by atoms with Gasteiger partial charge in [-0.05, 0) is 37.6 Å². The zero-order valence-corrected chi connectivity index (χ0v) is 19.1.